The summed E-state index contributed by atoms with van der Waals surface area (Å²) >= 11 is 1.78. The van der Waals surface area contributed by atoms with Crippen LogP contribution in [0.15, 0.2) is 53.5 Å². The molecular weight excluding hydrogens is 296 g/mol. The molecule has 5 heteroatoms. The Hall–Kier alpha value is -2.01. The first-order valence-electron chi connectivity index (χ1n) is 7.20. The Morgan fingerprint density at radius 3 is 2.68 bits per heavy atom. The molecule has 4 nitrogen and oxygen atoms in total. The number of nitrogens with one attached hydrogen (secondary N) is 1. The average molecular weight is 316 g/mol. The van der Waals surface area contributed by atoms with Gasteiger partial charge in [-0.05, 0) is 18.6 Å². The van der Waals surface area contributed by atoms with Crippen LogP contribution in [0.1, 0.15) is 11.1 Å². The van der Waals surface area contributed by atoms with Crippen molar-refractivity contribution in [3.8, 4) is 0 Å². The summed E-state index contributed by atoms with van der Waals surface area (Å²) < 4.78 is 1.40. The number of thioether (sulfide) groups is 1. The highest BCUT2D eigenvalue weighted by molar-refractivity contribution is 7.98. The van der Waals surface area contributed by atoms with Gasteiger partial charge in [0.2, 0.25) is 5.91 Å². The lowest BCUT2D eigenvalue weighted by atomic mass is 10.2. The summed E-state index contributed by atoms with van der Waals surface area (Å²) in [7, 11) is 0. The van der Waals surface area contributed by atoms with E-state index >= 15 is 0 Å². The van der Waals surface area contributed by atoms with Gasteiger partial charge in [-0.15, -0.1) is 0 Å². The number of benzene rings is 1. The fourth-order valence-electron chi connectivity index (χ4n) is 1.94. The second kappa shape index (κ2) is 8.44. The number of aromatic nitrogens is 1. The molecule has 1 amide bonds. The highest BCUT2D eigenvalue weighted by Gasteiger charge is 2.03. The number of carbonyl (C=O) groups is 1. The second-order valence-electron chi connectivity index (χ2n) is 5.05. The van der Waals surface area contributed by atoms with Crippen LogP contribution in [0.5, 0.6) is 0 Å². The van der Waals surface area contributed by atoms with E-state index in [4.69, 9.17) is 0 Å². The molecule has 0 spiro atoms. The summed E-state index contributed by atoms with van der Waals surface area (Å²) in [5.41, 5.74) is 2.39. The molecule has 0 aliphatic rings. The van der Waals surface area contributed by atoms with Crippen molar-refractivity contribution in [1.29, 1.82) is 0 Å². The van der Waals surface area contributed by atoms with Crippen LogP contribution in [0.2, 0.25) is 0 Å². The minimum atomic E-state index is -0.161. The van der Waals surface area contributed by atoms with Crippen molar-refractivity contribution in [1.82, 2.24) is 9.88 Å². The van der Waals surface area contributed by atoms with E-state index in [1.54, 1.807) is 30.1 Å². The molecule has 2 rings (SSSR count). The first kappa shape index (κ1) is 16.4. The molecule has 0 aliphatic heterocycles. The number of carbonyl (C=O) groups excluding carboxylic acids is 1. The van der Waals surface area contributed by atoms with Crippen molar-refractivity contribution in [3.63, 3.8) is 0 Å². The Balaban J connectivity index is 1.64. The minimum Gasteiger partial charge on any atom is -0.354 e. The van der Waals surface area contributed by atoms with Gasteiger partial charge in [0.05, 0.1) is 0 Å². The van der Waals surface area contributed by atoms with Crippen molar-refractivity contribution in [2.75, 3.05) is 12.3 Å². The van der Waals surface area contributed by atoms with Gasteiger partial charge in [0.25, 0.3) is 5.56 Å². The molecule has 0 atom stereocenters. The average Bonchev–Trinajstić information content (AvgIpc) is 2.51. The number of rotatable bonds is 7. The largest absolute Gasteiger partial charge is 0.354 e. The van der Waals surface area contributed by atoms with Crippen molar-refractivity contribution < 1.29 is 4.79 Å². The molecule has 0 bridgehead atoms. The fraction of sp³-hybridized carbons (Fsp3) is 0.294. The van der Waals surface area contributed by atoms with E-state index in [0.717, 1.165) is 11.5 Å². The van der Waals surface area contributed by atoms with Gasteiger partial charge >= 0.3 is 0 Å². The van der Waals surface area contributed by atoms with Gasteiger partial charge in [-0.2, -0.15) is 11.8 Å². The lowest BCUT2D eigenvalue weighted by molar-refractivity contribution is -0.121. The molecule has 0 fully saturated rings. The van der Waals surface area contributed by atoms with Gasteiger partial charge in [0.15, 0.2) is 0 Å². The summed E-state index contributed by atoms with van der Waals surface area (Å²) in [6.07, 6.45) is 1.62. The van der Waals surface area contributed by atoms with Gasteiger partial charge in [0.1, 0.15) is 6.54 Å². The maximum atomic E-state index is 11.8. The summed E-state index contributed by atoms with van der Waals surface area (Å²) in [6.45, 7) is 2.75. The van der Waals surface area contributed by atoms with Crippen LogP contribution in [0.3, 0.4) is 0 Å². The number of pyridine rings is 1. The zero-order valence-corrected chi connectivity index (χ0v) is 13.4. The molecular formula is C17H20N2O2S. The number of amides is 1. The maximum absolute atomic E-state index is 11.8. The van der Waals surface area contributed by atoms with Crippen LogP contribution >= 0.6 is 11.8 Å². The summed E-state index contributed by atoms with van der Waals surface area (Å²) in [5.74, 6) is 1.65. The topological polar surface area (TPSA) is 51.1 Å². The molecule has 0 radical (unpaired) electrons. The molecule has 116 valence electrons. The first-order valence-corrected chi connectivity index (χ1v) is 8.36. The molecule has 0 saturated carbocycles. The van der Waals surface area contributed by atoms with Crippen LogP contribution in [-0.2, 0) is 17.1 Å². The van der Waals surface area contributed by atoms with Gasteiger partial charge in [-0.3, -0.25) is 9.59 Å². The Morgan fingerprint density at radius 1 is 1.18 bits per heavy atom. The molecule has 2 aromatic rings. The van der Waals surface area contributed by atoms with Crippen LogP contribution in [0.25, 0.3) is 0 Å². The van der Waals surface area contributed by atoms with Crippen molar-refractivity contribution in [2.24, 2.45) is 0 Å². The third-order valence-electron chi connectivity index (χ3n) is 3.17. The Bertz CT molecular complexity index is 665. The fourth-order valence-corrected chi connectivity index (χ4v) is 2.76. The number of hydrogen-bond acceptors (Lipinski definition) is 3. The van der Waals surface area contributed by atoms with Crippen molar-refractivity contribution in [2.45, 2.75) is 19.2 Å². The number of hydrogen-bond donors (Lipinski definition) is 1. The lowest BCUT2D eigenvalue weighted by Gasteiger charge is -2.07. The molecule has 22 heavy (non-hydrogen) atoms. The van der Waals surface area contributed by atoms with E-state index in [1.807, 2.05) is 0 Å². The summed E-state index contributed by atoms with van der Waals surface area (Å²) in [5, 5.41) is 2.83. The van der Waals surface area contributed by atoms with Crippen molar-refractivity contribution >= 4 is 17.7 Å². The summed E-state index contributed by atoms with van der Waals surface area (Å²) in [6, 6.07) is 13.3. The third kappa shape index (κ3) is 5.41. The second-order valence-corrected chi connectivity index (χ2v) is 6.16. The van der Waals surface area contributed by atoms with Crippen LogP contribution in [0.4, 0.5) is 0 Å². The molecule has 1 heterocycles. The van der Waals surface area contributed by atoms with Crippen LogP contribution in [-0.4, -0.2) is 22.8 Å². The van der Waals surface area contributed by atoms with Gasteiger partial charge in [-0.25, -0.2) is 0 Å². The molecule has 0 unspecified atom stereocenters. The van der Waals surface area contributed by atoms with Gasteiger partial charge < -0.3 is 9.88 Å². The minimum absolute atomic E-state index is 0.0717. The van der Waals surface area contributed by atoms with Crippen molar-refractivity contribution in [3.05, 3.63) is 70.1 Å². The Labute approximate surface area is 134 Å². The predicted octanol–water partition coefficient (Wildman–Crippen LogP) is 2.21. The monoisotopic (exact) mass is 316 g/mol. The van der Waals surface area contributed by atoms with E-state index in [2.05, 4.69) is 36.5 Å². The van der Waals surface area contributed by atoms with E-state index < -0.39 is 0 Å². The molecule has 0 aliphatic carbocycles. The standard InChI is InChI=1S/C17H20N2O2S/c1-14-5-7-15(8-6-14)13-22-11-9-18-16(20)12-19-10-3-2-4-17(19)21/h2-8,10H,9,11-13H2,1H3,(H,18,20). The zero-order valence-electron chi connectivity index (χ0n) is 12.6. The SMILES string of the molecule is Cc1ccc(CSCCNC(=O)Cn2ccccc2=O)cc1. The lowest BCUT2D eigenvalue weighted by Crippen LogP contribution is -2.32. The highest BCUT2D eigenvalue weighted by atomic mass is 32.2. The first-order chi connectivity index (χ1) is 10.6. The molecule has 1 aromatic carbocycles. The van der Waals surface area contributed by atoms with Gasteiger partial charge in [0, 0.05) is 30.3 Å². The quantitative estimate of drug-likeness (QED) is 0.797. The number of nitrogens with zero attached hydrogens (tertiary/aromatic N) is 1. The maximum Gasteiger partial charge on any atom is 0.250 e. The molecule has 0 saturated heterocycles. The van der Waals surface area contributed by atoms with E-state index in [-0.39, 0.29) is 18.0 Å². The van der Waals surface area contributed by atoms with E-state index in [0.29, 0.717) is 6.54 Å². The molecule has 1 N–H and O–H groups in total. The third-order valence-corrected chi connectivity index (χ3v) is 4.20. The number of aryl methyl sites for hydroxylation is 1. The Morgan fingerprint density at radius 2 is 1.95 bits per heavy atom. The Kier molecular flexibility index (Phi) is 6.27. The van der Waals surface area contributed by atoms with Crippen LogP contribution in [0, 0.1) is 6.92 Å². The van der Waals surface area contributed by atoms with E-state index in [1.165, 1.54) is 21.8 Å². The smallest absolute Gasteiger partial charge is 0.250 e. The van der Waals surface area contributed by atoms with Crippen LogP contribution < -0.4 is 10.9 Å². The predicted molar refractivity (Wildman–Crippen MR) is 91.1 cm³/mol. The zero-order chi connectivity index (χ0) is 15.8. The van der Waals surface area contributed by atoms with Gasteiger partial charge in [-0.1, -0.05) is 35.9 Å². The summed E-state index contributed by atoms with van der Waals surface area (Å²) in [4.78, 5) is 23.2. The highest BCUT2D eigenvalue weighted by Crippen LogP contribution is 2.12. The molecule has 1 aromatic heterocycles. The normalized spacial score (nSPS) is 10.4. The van der Waals surface area contributed by atoms with E-state index in [9.17, 15) is 9.59 Å².